The van der Waals surface area contributed by atoms with Crippen LogP contribution in [0.4, 0.5) is 5.69 Å². The highest BCUT2D eigenvalue weighted by Gasteiger charge is 2.15. The fourth-order valence-corrected chi connectivity index (χ4v) is 2.74. The smallest absolute Gasteiger partial charge is 0.227 e. The van der Waals surface area contributed by atoms with E-state index in [1.54, 1.807) is 20.4 Å². The first-order chi connectivity index (χ1) is 12.1. The molecule has 1 amide bonds. The predicted octanol–water partition coefficient (Wildman–Crippen LogP) is 3.40. The van der Waals surface area contributed by atoms with Crippen molar-refractivity contribution in [3.8, 4) is 11.5 Å². The van der Waals surface area contributed by atoms with E-state index in [1.807, 2.05) is 43.3 Å². The number of methoxy groups -OCH3 is 2. The van der Waals surface area contributed by atoms with Crippen LogP contribution in [0.25, 0.3) is 10.9 Å². The number of anilines is 1. The number of hydrogen-bond donors (Lipinski definition) is 2. The van der Waals surface area contributed by atoms with Crippen LogP contribution < -0.4 is 14.8 Å². The Morgan fingerprint density at radius 1 is 1.16 bits per heavy atom. The van der Waals surface area contributed by atoms with Crippen molar-refractivity contribution >= 4 is 22.5 Å². The number of carbonyl (C=O) groups excluding carboxylic acids is 1. The minimum atomic E-state index is -0.182. The standard InChI is InChI=1S/C19H21N3O3/c1-12(8-13-4-7-17(24-2)18(9-13)25-3)19(23)21-15-5-6-16-14(10-15)11-20-22-16/h4-7,9-12H,8H2,1-3H3,(H,20,22)(H,21,23). The first-order valence-electron chi connectivity index (χ1n) is 8.05. The molecule has 0 aliphatic carbocycles. The SMILES string of the molecule is COc1ccc(CC(C)C(=O)Nc2ccc3[nH]ncc3c2)cc1OC. The van der Waals surface area contributed by atoms with Crippen molar-refractivity contribution < 1.29 is 14.3 Å². The van der Waals surface area contributed by atoms with Gasteiger partial charge in [0.2, 0.25) is 5.91 Å². The molecular weight excluding hydrogens is 318 g/mol. The average Bonchev–Trinajstić information content (AvgIpc) is 3.09. The summed E-state index contributed by atoms with van der Waals surface area (Å²) in [4.78, 5) is 12.5. The van der Waals surface area contributed by atoms with Crippen molar-refractivity contribution in [1.29, 1.82) is 0 Å². The van der Waals surface area contributed by atoms with Crippen LogP contribution in [0.15, 0.2) is 42.6 Å². The summed E-state index contributed by atoms with van der Waals surface area (Å²) < 4.78 is 10.6. The second kappa shape index (κ2) is 7.25. The quantitative estimate of drug-likeness (QED) is 0.722. The van der Waals surface area contributed by atoms with Gasteiger partial charge >= 0.3 is 0 Å². The maximum Gasteiger partial charge on any atom is 0.227 e. The highest BCUT2D eigenvalue weighted by molar-refractivity contribution is 5.94. The monoisotopic (exact) mass is 339 g/mol. The van der Waals surface area contributed by atoms with Crippen LogP contribution in [0.2, 0.25) is 0 Å². The second-order valence-corrected chi connectivity index (χ2v) is 5.96. The molecule has 1 heterocycles. The molecule has 0 fully saturated rings. The number of H-pyrrole nitrogens is 1. The maximum absolute atomic E-state index is 12.5. The highest BCUT2D eigenvalue weighted by Crippen LogP contribution is 2.28. The summed E-state index contributed by atoms with van der Waals surface area (Å²) in [6.45, 7) is 1.91. The summed E-state index contributed by atoms with van der Waals surface area (Å²) in [6, 6.07) is 11.4. The maximum atomic E-state index is 12.5. The lowest BCUT2D eigenvalue weighted by molar-refractivity contribution is -0.119. The molecule has 0 bridgehead atoms. The van der Waals surface area contributed by atoms with Gasteiger partial charge < -0.3 is 14.8 Å². The third kappa shape index (κ3) is 3.74. The summed E-state index contributed by atoms with van der Waals surface area (Å²) in [5.41, 5.74) is 2.72. The van der Waals surface area contributed by atoms with E-state index in [0.29, 0.717) is 17.9 Å². The molecule has 0 aliphatic heterocycles. The zero-order valence-corrected chi connectivity index (χ0v) is 14.5. The van der Waals surface area contributed by atoms with E-state index in [9.17, 15) is 4.79 Å². The number of amides is 1. The van der Waals surface area contributed by atoms with Crippen molar-refractivity contribution in [2.75, 3.05) is 19.5 Å². The minimum Gasteiger partial charge on any atom is -0.493 e. The van der Waals surface area contributed by atoms with E-state index in [2.05, 4.69) is 15.5 Å². The Kier molecular flexibility index (Phi) is 4.88. The van der Waals surface area contributed by atoms with Crippen LogP contribution in [0.1, 0.15) is 12.5 Å². The van der Waals surface area contributed by atoms with Gasteiger partial charge in [-0.2, -0.15) is 5.10 Å². The Balaban J connectivity index is 1.67. The molecule has 1 atom stereocenters. The largest absolute Gasteiger partial charge is 0.493 e. The number of aromatic nitrogens is 2. The van der Waals surface area contributed by atoms with Gasteiger partial charge in [-0.05, 0) is 42.3 Å². The number of nitrogens with zero attached hydrogens (tertiary/aromatic N) is 1. The highest BCUT2D eigenvalue weighted by atomic mass is 16.5. The van der Waals surface area contributed by atoms with Gasteiger partial charge in [0.05, 0.1) is 25.9 Å². The van der Waals surface area contributed by atoms with Gasteiger partial charge in [0.25, 0.3) is 0 Å². The number of aromatic amines is 1. The topological polar surface area (TPSA) is 76.2 Å². The molecule has 0 radical (unpaired) electrons. The molecule has 3 rings (SSSR count). The average molecular weight is 339 g/mol. The lowest BCUT2D eigenvalue weighted by Gasteiger charge is -2.14. The molecule has 6 nitrogen and oxygen atoms in total. The molecule has 1 unspecified atom stereocenters. The lowest BCUT2D eigenvalue weighted by Crippen LogP contribution is -2.22. The molecule has 6 heteroatoms. The van der Waals surface area contributed by atoms with Crippen LogP contribution in [0.3, 0.4) is 0 Å². The van der Waals surface area contributed by atoms with E-state index < -0.39 is 0 Å². The predicted molar refractivity (Wildman–Crippen MR) is 97.1 cm³/mol. The molecule has 0 saturated carbocycles. The molecule has 25 heavy (non-hydrogen) atoms. The molecule has 0 aliphatic rings. The Morgan fingerprint density at radius 2 is 1.96 bits per heavy atom. The summed E-state index contributed by atoms with van der Waals surface area (Å²) in [5.74, 6) is 1.13. The van der Waals surface area contributed by atoms with Gasteiger partial charge in [0.1, 0.15) is 0 Å². The van der Waals surface area contributed by atoms with Gasteiger partial charge in [0.15, 0.2) is 11.5 Å². The fourth-order valence-electron chi connectivity index (χ4n) is 2.74. The summed E-state index contributed by atoms with van der Waals surface area (Å²) >= 11 is 0. The molecule has 130 valence electrons. The first kappa shape index (κ1) is 16.8. The van der Waals surface area contributed by atoms with Crippen LogP contribution in [-0.2, 0) is 11.2 Å². The Bertz CT molecular complexity index is 889. The van der Waals surface area contributed by atoms with Crippen molar-refractivity contribution in [3.63, 3.8) is 0 Å². The first-order valence-corrected chi connectivity index (χ1v) is 8.05. The summed E-state index contributed by atoms with van der Waals surface area (Å²) in [6.07, 6.45) is 2.35. The van der Waals surface area contributed by atoms with Gasteiger partial charge in [-0.15, -0.1) is 0 Å². The minimum absolute atomic E-state index is 0.0300. The van der Waals surface area contributed by atoms with Crippen LogP contribution in [-0.4, -0.2) is 30.3 Å². The Morgan fingerprint density at radius 3 is 2.72 bits per heavy atom. The van der Waals surface area contributed by atoms with Crippen molar-refractivity contribution in [2.45, 2.75) is 13.3 Å². The lowest BCUT2D eigenvalue weighted by atomic mass is 10.00. The fraction of sp³-hybridized carbons (Fsp3) is 0.263. The van der Waals surface area contributed by atoms with E-state index in [0.717, 1.165) is 22.2 Å². The van der Waals surface area contributed by atoms with Crippen molar-refractivity contribution in [1.82, 2.24) is 10.2 Å². The zero-order chi connectivity index (χ0) is 17.8. The second-order valence-electron chi connectivity index (χ2n) is 5.96. The number of ether oxygens (including phenoxy) is 2. The number of hydrogen-bond acceptors (Lipinski definition) is 4. The van der Waals surface area contributed by atoms with E-state index in [4.69, 9.17) is 9.47 Å². The van der Waals surface area contributed by atoms with Crippen LogP contribution in [0.5, 0.6) is 11.5 Å². The van der Waals surface area contributed by atoms with Gasteiger partial charge in [-0.1, -0.05) is 13.0 Å². The van der Waals surface area contributed by atoms with E-state index in [1.165, 1.54) is 0 Å². The normalized spacial score (nSPS) is 12.0. The Hall–Kier alpha value is -3.02. The van der Waals surface area contributed by atoms with Gasteiger partial charge in [-0.3, -0.25) is 9.89 Å². The zero-order valence-electron chi connectivity index (χ0n) is 14.5. The third-order valence-corrected chi connectivity index (χ3v) is 4.15. The van der Waals surface area contributed by atoms with Gasteiger partial charge in [0, 0.05) is 17.0 Å². The molecule has 0 saturated heterocycles. The van der Waals surface area contributed by atoms with Gasteiger partial charge in [-0.25, -0.2) is 0 Å². The van der Waals surface area contributed by atoms with E-state index in [-0.39, 0.29) is 11.8 Å². The molecule has 2 N–H and O–H groups in total. The molecule has 1 aromatic heterocycles. The van der Waals surface area contributed by atoms with Crippen molar-refractivity contribution in [3.05, 3.63) is 48.2 Å². The summed E-state index contributed by atoms with van der Waals surface area (Å²) in [5, 5.41) is 10.8. The third-order valence-electron chi connectivity index (χ3n) is 4.15. The number of carbonyl (C=O) groups is 1. The number of rotatable bonds is 6. The number of benzene rings is 2. The summed E-state index contributed by atoms with van der Waals surface area (Å²) in [7, 11) is 3.20. The van der Waals surface area contributed by atoms with Crippen molar-refractivity contribution in [2.24, 2.45) is 5.92 Å². The number of nitrogens with one attached hydrogen (secondary N) is 2. The molecule has 2 aromatic carbocycles. The van der Waals surface area contributed by atoms with E-state index >= 15 is 0 Å². The van der Waals surface area contributed by atoms with Crippen LogP contribution >= 0.6 is 0 Å². The molecule has 3 aromatic rings. The molecular formula is C19H21N3O3. The number of fused-ring (bicyclic) bond motifs is 1. The molecule has 0 spiro atoms. The van der Waals surface area contributed by atoms with Crippen LogP contribution in [0, 0.1) is 5.92 Å². The Labute approximate surface area is 146 Å².